The van der Waals surface area contributed by atoms with Crippen molar-refractivity contribution in [2.45, 2.75) is 6.42 Å². The van der Waals surface area contributed by atoms with Crippen LogP contribution < -0.4 is 5.73 Å². The smallest absolute Gasteiger partial charge is 0.134 e. The van der Waals surface area contributed by atoms with E-state index in [1.165, 1.54) is 0 Å². The lowest BCUT2D eigenvalue weighted by atomic mass is 10.2. The Balaban J connectivity index is 2.23. The highest BCUT2D eigenvalue weighted by atomic mass is 16.3. The fraction of sp³-hybridized carbons (Fsp3) is 0.333. The molecule has 2 aromatic rings. The first kappa shape index (κ1) is 10.1. The average Bonchev–Trinajstić information content (AvgIpc) is 2.56. The van der Waals surface area contributed by atoms with Crippen LogP contribution in [0.2, 0.25) is 0 Å². The number of anilines is 1. The molecule has 3 nitrogen and oxygen atoms in total. The number of fused-ring (bicyclic) bond motifs is 1. The summed E-state index contributed by atoms with van der Waals surface area (Å²) in [4.78, 5) is 2.14. The van der Waals surface area contributed by atoms with Gasteiger partial charge in [-0.1, -0.05) is 0 Å². The molecule has 1 heterocycles. The van der Waals surface area contributed by atoms with Crippen molar-refractivity contribution in [2.24, 2.45) is 0 Å². The Kier molecular flexibility index (Phi) is 2.64. The van der Waals surface area contributed by atoms with Gasteiger partial charge < -0.3 is 15.1 Å². The monoisotopic (exact) mass is 204 g/mol. The molecule has 2 rings (SSSR count). The predicted octanol–water partition coefficient (Wildman–Crippen LogP) is 2.12. The third-order valence-electron chi connectivity index (χ3n) is 2.40. The molecule has 0 aliphatic rings. The van der Waals surface area contributed by atoms with E-state index in [0.29, 0.717) is 0 Å². The van der Waals surface area contributed by atoms with Crippen LogP contribution in [0.1, 0.15) is 5.76 Å². The first-order valence-corrected chi connectivity index (χ1v) is 5.08. The summed E-state index contributed by atoms with van der Waals surface area (Å²) < 4.78 is 5.69. The molecule has 0 aliphatic carbocycles. The van der Waals surface area contributed by atoms with Gasteiger partial charge >= 0.3 is 0 Å². The molecule has 0 amide bonds. The van der Waals surface area contributed by atoms with Gasteiger partial charge in [-0.3, -0.25) is 0 Å². The highest BCUT2D eigenvalue weighted by Crippen LogP contribution is 2.21. The van der Waals surface area contributed by atoms with Crippen molar-refractivity contribution in [2.75, 3.05) is 26.4 Å². The number of furan rings is 1. The van der Waals surface area contributed by atoms with E-state index < -0.39 is 0 Å². The molecule has 0 bridgehead atoms. The van der Waals surface area contributed by atoms with Crippen LogP contribution in [0.3, 0.4) is 0 Å². The Labute approximate surface area is 89.5 Å². The van der Waals surface area contributed by atoms with Gasteiger partial charge in [0.15, 0.2) is 0 Å². The molecule has 0 unspecified atom stereocenters. The topological polar surface area (TPSA) is 42.4 Å². The van der Waals surface area contributed by atoms with Crippen molar-refractivity contribution >= 4 is 16.7 Å². The van der Waals surface area contributed by atoms with Crippen LogP contribution in [0.25, 0.3) is 11.0 Å². The maximum Gasteiger partial charge on any atom is 0.134 e. The SMILES string of the molecule is CN(C)CCc1cc2cc(N)ccc2o1. The molecule has 0 radical (unpaired) electrons. The Morgan fingerprint density at radius 2 is 2.07 bits per heavy atom. The van der Waals surface area contributed by atoms with E-state index in [2.05, 4.69) is 25.1 Å². The van der Waals surface area contributed by atoms with Crippen molar-refractivity contribution in [1.29, 1.82) is 0 Å². The number of hydrogen-bond acceptors (Lipinski definition) is 3. The van der Waals surface area contributed by atoms with Crippen LogP contribution in [-0.4, -0.2) is 25.5 Å². The minimum absolute atomic E-state index is 0.780. The van der Waals surface area contributed by atoms with E-state index >= 15 is 0 Å². The second-order valence-electron chi connectivity index (χ2n) is 4.06. The van der Waals surface area contributed by atoms with Crippen molar-refractivity contribution in [3.8, 4) is 0 Å². The van der Waals surface area contributed by atoms with Gasteiger partial charge in [-0.15, -0.1) is 0 Å². The zero-order valence-corrected chi connectivity index (χ0v) is 9.16. The molecule has 0 spiro atoms. The maximum atomic E-state index is 5.71. The first-order chi connectivity index (χ1) is 7.15. The van der Waals surface area contributed by atoms with Crippen LogP contribution in [0.15, 0.2) is 28.7 Å². The van der Waals surface area contributed by atoms with Gasteiger partial charge in [0.2, 0.25) is 0 Å². The summed E-state index contributed by atoms with van der Waals surface area (Å²) in [6.45, 7) is 0.995. The summed E-state index contributed by atoms with van der Waals surface area (Å²) in [5.74, 6) is 1.02. The lowest BCUT2D eigenvalue weighted by Crippen LogP contribution is -2.14. The molecule has 2 N–H and O–H groups in total. The molecule has 80 valence electrons. The minimum Gasteiger partial charge on any atom is -0.461 e. The summed E-state index contributed by atoms with van der Waals surface area (Å²) in [5.41, 5.74) is 7.40. The van der Waals surface area contributed by atoms with E-state index in [-0.39, 0.29) is 0 Å². The molecule has 1 aromatic heterocycles. The van der Waals surface area contributed by atoms with Gasteiger partial charge in [0, 0.05) is 24.0 Å². The molecule has 0 saturated carbocycles. The minimum atomic E-state index is 0.780. The lowest BCUT2D eigenvalue weighted by Gasteiger charge is -2.06. The fourth-order valence-electron chi connectivity index (χ4n) is 1.57. The summed E-state index contributed by atoms with van der Waals surface area (Å²) in [6, 6.07) is 7.79. The molecular weight excluding hydrogens is 188 g/mol. The van der Waals surface area contributed by atoms with Crippen LogP contribution in [-0.2, 0) is 6.42 Å². The van der Waals surface area contributed by atoms with Gasteiger partial charge in [0.25, 0.3) is 0 Å². The largest absolute Gasteiger partial charge is 0.461 e. The Morgan fingerprint density at radius 1 is 1.27 bits per heavy atom. The average molecular weight is 204 g/mol. The maximum absolute atomic E-state index is 5.71. The van der Waals surface area contributed by atoms with Crippen molar-refractivity contribution < 1.29 is 4.42 Å². The second kappa shape index (κ2) is 3.95. The van der Waals surface area contributed by atoms with Crippen LogP contribution in [0, 0.1) is 0 Å². The van der Waals surface area contributed by atoms with Gasteiger partial charge in [-0.05, 0) is 38.4 Å². The Morgan fingerprint density at radius 3 is 2.80 bits per heavy atom. The Hall–Kier alpha value is -1.48. The van der Waals surface area contributed by atoms with Gasteiger partial charge in [0.05, 0.1) is 0 Å². The molecule has 1 aromatic carbocycles. The molecule has 0 aliphatic heterocycles. The lowest BCUT2D eigenvalue weighted by molar-refractivity contribution is 0.395. The summed E-state index contributed by atoms with van der Waals surface area (Å²) in [6.07, 6.45) is 0.932. The number of nitrogens with two attached hydrogens (primary N) is 1. The molecular formula is C12H16N2O. The molecule has 0 atom stereocenters. The van der Waals surface area contributed by atoms with Crippen molar-refractivity contribution in [1.82, 2.24) is 4.90 Å². The van der Waals surface area contributed by atoms with Crippen LogP contribution in [0.5, 0.6) is 0 Å². The molecule has 0 fully saturated rings. The zero-order chi connectivity index (χ0) is 10.8. The first-order valence-electron chi connectivity index (χ1n) is 5.08. The normalized spacial score (nSPS) is 11.4. The highest BCUT2D eigenvalue weighted by Gasteiger charge is 2.04. The summed E-state index contributed by atoms with van der Waals surface area (Å²) in [5, 5.41) is 1.09. The van der Waals surface area contributed by atoms with Crippen molar-refractivity contribution in [3.63, 3.8) is 0 Å². The van der Waals surface area contributed by atoms with E-state index in [9.17, 15) is 0 Å². The Bertz CT molecular complexity index is 460. The zero-order valence-electron chi connectivity index (χ0n) is 9.16. The number of hydrogen-bond donors (Lipinski definition) is 1. The number of nitrogens with zero attached hydrogens (tertiary/aromatic N) is 1. The number of rotatable bonds is 3. The highest BCUT2D eigenvalue weighted by molar-refractivity contribution is 5.81. The van der Waals surface area contributed by atoms with E-state index in [1.54, 1.807) is 0 Å². The van der Waals surface area contributed by atoms with Gasteiger partial charge in [-0.2, -0.15) is 0 Å². The fourth-order valence-corrected chi connectivity index (χ4v) is 1.57. The second-order valence-corrected chi connectivity index (χ2v) is 4.06. The quantitative estimate of drug-likeness (QED) is 0.779. The van der Waals surface area contributed by atoms with E-state index in [4.69, 9.17) is 10.2 Å². The van der Waals surface area contributed by atoms with Gasteiger partial charge in [0.1, 0.15) is 11.3 Å². The van der Waals surface area contributed by atoms with Crippen LogP contribution in [0.4, 0.5) is 5.69 Å². The summed E-state index contributed by atoms with van der Waals surface area (Å²) in [7, 11) is 4.11. The van der Waals surface area contributed by atoms with E-state index in [0.717, 1.165) is 35.4 Å². The van der Waals surface area contributed by atoms with Gasteiger partial charge in [-0.25, -0.2) is 0 Å². The number of benzene rings is 1. The van der Waals surface area contributed by atoms with Crippen molar-refractivity contribution in [3.05, 3.63) is 30.0 Å². The number of nitrogen functional groups attached to an aromatic ring is 1. The number of likely N-dealkylation sites (N-methyl/N-ethyl adjacent to an activating group) is 1. The standard InChI is InChI=1S/C12H16N2O/c1-14(2)6-5-11-8-9-7-10(13)3-4-12(9)15-11/h3-4,7-8H,5-6,13H2,1-2H3. The molecule has 3 heteroatoms. The summed E-state index contributed by atoms with van der Waals surface area (Å²) >= 11 is 0. The van der Waals surface area contributed by atoms with E-state index in [1.807, 2.05) is 18.2 Å². The molecule has 0 saturated heterocycles. The third kappa shape index (κ3) is 2.30. The third-order valence-corrected chi connectivity index (χ3v) is 2.40. The predicted molar refractivity (Wildman–Crippen MR) is 62.9 cm³/mol. The van der Waals surface area contributed by atoms with Crippen LogP contribution >= 0.6 is 0 Å². The molecule has 15 heavy (non-hydrogen) atoms.